The van der Waals surface area contributed by atoms with Crippen molar-refractivity contribution in [3.63, 3.8) is 0 Å². The summed E-state index contributed by atoms with van der Waals surface area (Å²) in [7, 11) is 1.73. The van der Waals surface area contributed by atoms with Crippen molar-refractivity contribution in [3.05, 3.63) is 15.6 Å². The van der Waals surface area contributed by atoms with Crippen LogP contribution in [-0.2, 0) is 24.2 Å². The fourth-order valence-corrected chi connectivity index (χ4v) is 3.55. The molecule has 1 aliphatic rings. The van der Waals surface area contributed by atoms with E-state index in [1.165, 1.54) is 22.1 Å². The summed E-state index contributed by atoms with van der Waals surface area (Å²) in [6, 6.07) is 0. The van der Waals surface area contributed by atoms with Crippen molar-refractivity contribution in [1.29, 1.82) is 0 Å². The zero-order valence-corrected chi connectivity index (χ0v) is 13.1. The van der Waals surface area contributed by atoms with Crippen molar-refractivity contribution in [2.24, 2.45) is 5.92 Å². The van der Waals surface area contributed by atoms with E-state index in [-0.39, 0.29) is 0 Å². The first kappa shape index (κ1) is 14.9. The van der Waals surface area contributed by atoms with Gasteiger partial charge in [-0.1, -0.05) is 13.8 Å². The van der Waals surface area contributed by atoms with Crippen LogP contribution in [0.4, 0.5) is 0 Å². The van der Waals surface area contributed by atoms with Crippen LogP contribution in [0.15, 0.2) is 0 Å². The van der Waals surface area contributed by atoms with Crippen LogP contribution in [0.2, 0.25) is 0 Å². The van der Waals surface area contributed by atoms with Gasteiger partial charge in [0.25, 0.3) is 0 Å². The Hall–Kier alpha value is -0.490. The van der Waals surface area contributed by atoms with E-state index in [0.29, 0.717) is 0 Å². The van der Waals surface area contributed by atoms with Crippen molar-refractivity contribution < 1.29 is 4.74 Å². The van der Waals surface area contributed by atoms with Crippen LogP contribution in [0, 0.1) is 5.92 Å². The van der Waals surface area contributed by atoms with Crippen LogP contribution >= 0.6 is 11.3 Å². The minimum atomic E-state index is 0.740. The van der Waals surface area contributed by atoms with Crippen LogP contribution in [0.5, 0.6) is 0 Å². The lowest BCUT2D eigenvalue weighted by Crippen LogP contribution is -2.32. The van der Waals surface area contributed by atoms with E-state index in [1.807, 2.05) is 11.3 Å². The third-order valence-electron chi connectivity index (χ3n) is 3.24. The SMILES string of the molecule is COCCNCc1nc2c(s1)CN(CC(C)C)CC2. The van der Waals surface area contributed by atoms with Crippen molar-refractivity contribution >= 4 is 11.3 Å². The van der Waals surface area contributed by atoms with Gasteiger partial charge in [0.1, 0.15) is 5.01 Å². The third-order valence-corrected chi connectivity index (χ3v) is 4.32. The Morgan fingerprint density at radius 3 is 3.05 bits per heavy atom. The second-order valence-electron chi connectivity index (χ2n) is 5.53. The number of nitrogens with one attached hydrogen (secondary N) is 1. The molecular weight excluding hydrogens is 258 g/mol. The number of methoxy groups -OCH3 is 1. The average Bonchev–Trinajstić information content (AvgIpc) is 2.76. The van der Waals surface area contributed by atoms with Crippen LogP contribution in [0.1, 0.15) is 29.4 Å². The number of aromatic nitrogens is 1. The van der Waals surface area contributed by atoms with Crippen LogP contribution in [-0.4, -0.2) is 43.2 Å². The largest absolute Gasteiger partial charge is 0.383 e. The number of hydrogen-bond donors (Lipinski definition) is 1. The Labute approximate surface area is 120 Å². The van der Waals surface area contributed by atoms with Crippen molar-refractivity contribution in [3.8, 4) is 0 Å². The summed E-state index contributed by atoms with van der Waals surface area (Å²) < 4.78 is 5.03. The van der Waals surface area contributed by atoms with E-state index < -0.39 is 0 Å². The van der Waals surface area contributed by atoms with E-state index in [0.717, 1.165) is 45.1 Å². The highest BCUT2D eigenvalue weighted by Gasteiger charge is 2.20. The Morgan fingerprint density at radius 2 is 2.32 bits per heavy atom. The zero-order valence-electron chi connectivity index (χ0n) is 12.2. The summed E-state index contributed by atoms with van der Waals surface area (Å²) in [5.74, 6) is 0.740. The van der Waals surface area contributed by atoms with Crippen LogP contribution < -0.4 is 5.32 Å². The average molecular weight is 283 g/mol. The summed E-state index contributed by atoms with van der Waals surface area (Å²) in [6.07, 6.45) is 1.11. The maximum absolute atomic E-state index is 5.03. The molecule has 1 N–H and O–H groups in total. The summed E-state index contributed by atoms with van der Waals surface area (Å²) >= 11 is 1.87. The molecule has 0 aliphatic carbocycles. The third kappa shape index (κ3) is 4.53. The Morgan fingerprint density at radius 1 is 1.47 bits per heavy atom. The maximum Gasteiger partial charge on any atom is 0.107 e. The van der Waals surface area contributed by atoms with Crippen LogP contribution in [0.3, 0.4) is 0 Å². The fraction of sp³-hybridized carbons (Fsp3) is 0.786. The molecule has 0 atom stereocenters. The molecule has 0 bridgehead atoms. The molecule has 4 nitrogen and oxygen atoms in total. The topological polar surface area (TPSA) is 37.4 Å². The van der Waals surface area contributed by atoms with Gasteiger partial charge in [0.05, 0.1) is 12.3 Å². The maximum atomic E-state index is 5.03. The molecule has 19 heavy (non-hydrogen) atoms. The fourth-order valence-electron chi connectivity index (χ4n) is 2.42. The second kappa shape index (κ2) is 7.33. The van der Waals surface area contributed by atoms with Gasteiger partial charge in [-0.2, -0.15) is 0 Å². The summed E-state index contributed by atoms with van der Waals surface area (Å²) in [5.41, 5.74) is 1.33. The predicted octanol–water partition coefficient (Wildman–Crippen LogP) is 1.89. The number of rotatable bonds is 7. The summed E-state index contributed by atoms with van der Waals surface area (Å²) in [5, 5.41) is 4.58. The van der Waals surface area contributed by atoms with Gasteiger partial charge in [-0.05, 0) is 5.92 Å². The van der Waals surface area contributed by atoms with Crippen LogP contribution in [0.25, 0.3) is 0 Å². The Kier molecular flexibility index (Phi) is 5.76. The minimum absolute atomic E-state index is 0.740. The number of ether oxygens (including phenoxy) is 1. The molecule has 0 saturated carbocycles. The molecule has 2 rings (SSSR count). The molecule has 2 heterocycles. The van der Waals surface area contributed by atoms with E-state index in [4.69, 9.17) is 9.72 Å². The van der Waals surface area contributed by atoms with E-state index in [9.17, 15) is 0 Å². The number of thiazole rings is 1. The van der Waals surface area contributed by atoms with E-state index >= 15 is 0 Å². The molecule has 1 aromatic rings. The predicted molar refractivity (Wildman–Crippen MR) is 79.5 cm³/mol. The molecule has 0 radical (unpaired) electrons. The highest BCUT2D eigenvalue weighted by atomic mass is 32.1. The lowest BCUT2D eigenvalue weighted by atomic mass is 10.1. The lowest BCUT2D eigenvalue weighted by molar-refractivity contribution is 0.199. The van der Waals surface area contributed by atoms with Crippen molar-refractivity contribution in [1.82, 2.24) is 15.2 Å². The second-order valence-corrected chi connectivity index (χ2v) is 6.69. The van der Waals surface area contributed by atoms with E-state index in [1.54, 1.807) is 7.11 Å². The molecule has 0 unspecified atom stereocenters. The monoisotopic (exact) mass is 283 g/mol. The van der Waals surface area contributed by atoms with Gasteiger partial charge in [-0.3, -0.25) is 4.90 Å². The molecule has 5 heteroatoms. The van der Waals surface area contributed by atoms with Gasteiger partial charge < -0.3 is 10.1 Å². The van der Waals surface area contributed by atoms with Gasteiger partial charge in [0.2, 0.25) is 0 Å². The highest BCUT2D eigenvalue weighted by molar-refractivity contribution is 7.11. The summed E-state index contributed by atoms with van der Waals surface area (Å²) in [6.45, 7) is 10.5. The van der Waals surface area contributed by atoms with E-state index in [2.05, 4.69) is 24.1 Å². The van der Waals surface area contributed by atoms with Gasteiger partial charge in [0.15, 0.2) is 0 Å². The van der Waals surface area contributed by atoms with Gasteiger partial charge in [0, 0.05) is 51.1 Å². The number of nitrogens with zero attached hydrogens (tertiary/aromatic N) is 2. The molecular formula is C14H25N3OS. The Balaban J connectivity index is 1.85. The highest BCUT2D eigenvalue weighted by Crippen LogP contribution is 2.25. The van der Waals surface area contributed by atoms with Crippen molar-refractivity contribution in [2.75, 3.05) is 33.4 Å². The standard InChI is InChI=1S/C14H25N3OS/c1-11(2)9-17-6-4-12-13(10-17)19-14(16-12)8-15-5-7-18-3/h11,15H,4-10H2,1-3H3. The smallest absolute Gasteiger partial charge is 0.107 e. The van der Waals surface area contributed by atoms with Gasteiger partial charge >= 0.3 is 0 Å². The molecule has 0 aromatic carbocycles. The summed E-state index contributed by atoms with van der Waals surface area (Å²) in [4.78, 5) is 8.77. The van der Waals surface area contributed by atoms with Gasteiger partial charge in [-0.15, -0.1) is 11.3 Å². The minimum Gasteiger partial charge on any atom is -0.383 e. The molecule has 108 valence electrons. The van der Waals surface area contributed by atoms with Gasteiger partial charge in [-0.25, -0.2) is 4.98 Å². The molecule has 0 fully saturated rings. The quantitative estimate of drug-likeness (QED) is 0.776. The molecule has 0 amide bonds. The lowest BCUT2D eigenvalue weighted by Gasteiger charge is -2.27. The molecule has 1 aromatic heterocycles. The first-order chi connectivity index (χ1) is 9.19. The molecule has 1 aliphatic heterocycles. The number of fused-ring (bicyclic) bond motifs is 1. The normalized spacial score (nSPS) is 16.0. The Bertz CT molecular complexity index is 392. The van der Waals surface area contributed by atoms with Crippen molar-refractivity contribution in [2.45, 2.75) is 33.4 Å². The first-order valence-corrected chi connectivity index (χ1v) is 7.90. The zero-order chi connectivity index (χ0) is 13.7. The first-order valence-electron chi connectivity index (χ1n) is 7.08. The molecule has 0 saturated heterocycles. The number of hydrogen-bond acceptors (Lipinski definition) is 5. The molecule has 0 spiro atoms.